The van der Waals surface area contributed by atoms with Crippen LogP contribution in [0.15, 0.2) is 24.5 Å². The van der Waals surface area contributed by atoms with Gasteiger partial charge < -0.3 is 4.74 Å². The lowest BCUT2D eigenvalue weighted by Crippen LogP contribution is -2.05. The normalized spacial score (nSPS) is 22.3. The molecule has 0 bridgehead atoms. The van der Waals surface area contributed by atoms with Gasteiger partial charge in [0.25, 0.3) is 0 Å². The summed E-state index contributed by atoms with van der Waals surface area (Å²) in [6, 6.07) is 3.72. The van der Waals surface area contributed by atoms with Crippen LogP contribution in [0.5, 0.6) is 0 Å². The number of aromatic nitrogens is 1. The molecule has 1 atom stereocenters. The van der Waals surface area contributed by atoms with Gasteiger partial charge in [-0.05, 0) is 24.1 Å². The first kappa shape index (κ1) is 7.28. The lowest BCUT2D eigenvalue weighted by molar-refractivity contribution is -0.139. The molecule has 2 heterocycles. The predicted molar refractivity (Wildman–Crippen MR) is 42.6 cm³/mol. The van der Waals surface area contributed by atoms with E-state index in [1.807, 2.05) is 12.1 Å². The second-order valence-corrected chi connectivity index (χ2v) is 2.79. The SMILES string of the molecule is O=C1OCC[C@@H]1c1ccncc1. The number of rotatable bonds is 1. The molecule has 0 radical (unpaired) electrons. The first-order chi connectivity index (χ1) is 5.88. The van der Waals surface area contributed by atoms with Crippen LogP contribution in [0, 0.1) is 0 Å². The molecule has 0 aromatic carbocycles. The average molecular weight is 163 g/mol. The zero-order valence-corrected chi connectivity index (χ0v) is 6.56. The van der Waals surface area contributed by atoms with Crippen molar-refractivity contribution in [3.63, 3.8) is 0 Å². The van der Waals surface area contributed by atoms with Crippen LogP contribution in [0.1, 0.15) is 17.9 Å². The molecule has 1 aromatic heterocycles. The summed E-state index contributed by atoms with van der Waals surface area (Å²) in [6.07, 6.45) is 4.19. The summed E-state index contributed by atoms with van der Waals surface area (Å²) < 4.78 is 4.86. The lowest BCUT2D eigenvalue weighted by Gasteiger charge is -2.03. The molecular formula is C9H9NO2. The fourth-order valence-corrected chi connectivity index (χ4v) is 1.39. The van der Waals surface area contributed by atoms with Crippen molar-refractivity contribution in [2.75, 3.05) is 6.61 Å². The molecule has 3 heteroatoms. The molecule has 0 amide bonds. The summed E-state index contributed by atoms with van der Waals surface area (Å²) in [7, 11) is 0. The molecule has 1 aromatic rings. The van der Waals surface area contributed by atoms with Gasteiger partial charge in [-0.3, -0.25) is 9.78 Å². The number of carbonyl (C=O) groups excluding carboxylic acids is 1. The largest absolute Gasteiger partial charge is 0.465 e. The molecule has 1 fully saturated rings. The molecule has 0 N–H and O–H groups in total. The van der Waals surface area contributed by atoms with Crippen LogP contribution in [0.3, 0.4) is 0 Å². The minimum Gasteiger partial charge on any atom is -0.465 e. The summed E-state index contributed by atoms with van der Waals surface area (Å²) in [5, 5.41) is 0. The van der Waals surface area contributed by atoms with Crippen molar-refractivity contribution < 1.29 is 9.53 Å². The minimum atomic E-state index is -0.110. The van der Waals surface area contributed by atoms with E-state index < -0.39 is 0 Å². The number of carbonyl (C=O) groups is 1. The molecule has 2 rings (SSSR count). The molecule has 0 aliphatic carbocycles. The number of pyridine rings is 1. The monoisotopic (exact) mass is 163 g/mol. The maximum atomic E-state index is 11.1. The van der Waals surface area contributed by atoms with Gasteiger partial charge in [0.1, 0.15) is 0 Å². The highest BCUT2D eigenvalue weighted by molar-refractivity contribution is 5.79. The van der Waals surface area contributed by atoms with Gasteiger partial charge in [-0.25, -0.2) is 0 Å². The molecule has 1 aliphatic heterocycles. The first-order valence-electron chi connectivity index (χ1n) is 3.94. The van der Waals surface area contributed by atoms with E-state index in [1.165, 1.54) is 0 Å². The van der Waals surface area contributed by atoms with Crippen molar-refractivity contribution >= 4 is 5.97 Å². The molecule has 0 unspecified atom stereocenters. The smallest absolute Gasteiger partial charge is 0.313 e. The summed E-state index contributed by atoms with van der Waals surface area (Å²) in [5.74, 6) is -0.172. The van der Waals surface area contributed by atoms with Crippen molar-refractivity contribution in [2.24, 2.45) is 0 Å². The van der Waals surface area contributed by atoms with Crippen LogP contribution in [-0.4, -0.2) is 17.6 Å². The van der Waals surface area contributed by atoms with E-state index in [-0.39, 0.29) is 11.9 Å². The molecule has 0 saturated carbocycles. The standard InChI is InChI=1S/C9H9NO2/c11-9-8(3-6-12-9)7-1-4-10-5-2-7/h1-2,4-5,8H,3,6H2/t8-/m1/s1. The second kappa shape index (κ2) is 2.93. The number of ether oxygens (including phenoxy) is 1. The molecule has 62 valence electrons. The Bertz CT molecular complexity index is 284. The highest BCUT2D eigenvalue weighted by atomic mass is 16.5. The zero-order chi connectivity index (χ0) is 8.39. The van der Waals surface area contributed by atoms with E-state index in [0.717, 1.165) is 12.0 Å². The zero-order valence-electron chi connectivity index (χ0n) is 6.56. The van der Waals surface area contributed by atoms with Gasteiger partial charge in [0.05, 0.1) is 12.5 Å². The van der Waals surface area contributed by atoms with E-state index in [9.17, 15) is 4.79 Å². The van der Waals surface area contributed by atoms with Crippen LogP contribution in [0.4, 0.5) is 0 Å². The molecule has 0 spiro atoms. The van der Waals surface area contributed by atoms with Crippen LogP contribution in [0.25, 0.3) is 0 Å². The molecule has 12 heavy (non-hydrogen) atoms. The number of hydrogen-bond donors (Lipinski definition) is 0. The van der Waals surface area contributed by atoms with E-state index >= 15 is 0 Å². The summed E-state index contributed by atoms with van der Waals surface area (Å²) in [6.45, 7) is 0.547. The Balaban J connectivity index is 2.25. The molecule has 1 aliphatic rings. The Hall–Kier alpha value is -1.38. The van der Waals surface area contributed by atoms with E-state index in [0.29, 0.717) is 6.61 Å². The highest BCUT2D eigenvalue weighted by Gasteiger charge is 2.27. The fourth-order valence-electron chi connectivity index (χ4n) is 1.39. The average Bonchev–Trinajstić information content (AvgIpc) is 2.53. The number of nitrogens with zero attached hydrogens (tertiary/aromatic N) is 1. The van der Waals surface area contributed by atoms with Crippen LogP contribution < -0.4 is 0 Å². The molecule has 3 nitrogen and oxygen atoms in total. The lowest BCUT2D eigenvalue weighted by atomic mass is 9.99. The Labute approximate surface area is 70.4 Å². The summed E-state index contributed by atoms with van der Waals surface area (Å²) in [5.41, 5.74) is 1.01. The molecule has 1 saturated heterocycles. The van der Waals surface area contributed by atoms with Crippen molar-refractivity contribution in [1.82, 2.24) is 4.98 Å². The van der Waals surface area contributed by atoms with Gasteiger partial charge in [0.15, 0.2) is 0 Å². The van der Waals surface area contributed by atoms with Gasteiger partial charge in [-0.15, -0.1) is 0 Å². The van der Waals surface area contributed by atoms with Gasteiger partial charge in [0, 0.05) is 12.4 Å². The fraction of sp³-hybridized carbons (Fsp3) is 0.333. The van der Waals surface area contributed by atoms with Crippen molar-refractivity contribution in [1.29, 1.82) is 0 Å². The van der Waals surface area contributed by atoms with Crippen LogP contribution >= 0.6 is 0 Å². The van der Waals surface area contributed by atoms with Crippen LogP contribution in [-0.2, 0) is 9.53 Å². The predicted octanol–water partition coefficient (Wildman–Crippen LogP) is 1.11. The van der Waals surface area contributed by atoms with Gasteiger partial charge in [-0.1, -0.05) is 0 Å². The van der Waals surface area contributed by atoms with E-state index in [1.54, 1.807) is 12.4 Å². The minimum absolute atomic E-state index is 0.0620. The van der Waals surface area contributed by atoms with Crippen molar-refractivity contribution in [3.05, 3.63) is 30.1 Å². The maximum absolute atomic E-state index is 11.1. The summed E-state index contributed by atoms with van der Waals surface area (Å²) in [4.78, 5) is 15.0. The van der Waals surface area contributed by atoms with Crippen molar-refractivity contribution in [3.8, 4) is 0 Å². The first-order valence-corrected chi connectivity index (χ1v) is 3.94. The molecular weight excluding hydrogens is 154 g/mol. The van der Waals surface area contributed by atoms with Gasteiger partial charge in [0.2, 0.25) is 0 Å². The Morgan fingerprint density at radius 2 is 2.17 bits per heavy atom. The number of cyclic esters (lactones) is 1. The Morgan fingerprint density at radius 1 is 1.42 bits per heavy atom. The number of hydrogen-bond acceptors (Lipinski definition) is 3. The summed E-state index contributed by atoms with van der Waals surface area (Å²) >= 11 is 0. The van der Waals surface area contributed by atoms with Gasteiger partial charge >= 0.3 is 5.97 Å². The quantitative estimate of drug-likeness (QED) is 0.582. The van der Waals surface area contributed by atoms with Crippen molar-refractivity contribution in [2.45, 2.75) is 12.3 Å². The van der Waals surface area contributed by atoms with E-state index in [2.05, 4.69) is 4.98 Å². The number of esters is 1. The highest BCUT2D eigenvalue weighted by Crippen LogP contribution is 2.25. The third-order valence-electron chi connectivity index (χ3n) is 2.04. The van der Waals surface area contributed by atoms with E-state index in [4.69, 9.17) is 4.74 Å². The Morgan fingerprint density at radius 3 is 2.75 bits per heavy atom. The second-order valence-electron chi connectivity index (χ2n) is 2.79. The topological polar surface area (TPSA) is 39.2 Å². The third kappa shape index (κ3) is 1.18. The third-order valence-corrected chi connectivity index (χ3v) is 2.04. The van der Waals surface area contributed by atoms with Gasteiger partial charge in [-0.2, -0.15) is 0 Å². The Kier molecular flexibility index (Phi) is 1.78. The maximum Gasteiger partial charge on any atom is 0.313 e. The van der Waals surface area contributed by atoms with Crippen LogP contribution in [0.2, 0.25) is 0 Å².